The molecule has 5 aliphatic rings. The van der Waals surface area contributed by atoms with Crippen LogP contribution in [0.4, 0.5) is 0 Å². The summed E-state index contributed by atoms with van der Waals surface area (Å²) < 4.78 is 0. The van der Waals surface area contributed by atoms with Crippen LogP contribution >= 0.6 is 0 Å². The highest BCUT2D eigenvalue weighted by atomic mass is 15.2. The Morgan fingerprint density at radius 2 is 1.68 bits per heavy atom. The second-order valence-corrected chi connectivity index (χ2v) is 8.30. The Labute approximate surface area is 117 Å². The first-order valence-corrected chi connectivity index (χ1v) is 8.28. The summed E-state index contributed by atoms with van der Waals surface area (Å²) in [6.07, 6.45) is 10.1. The van der Waals surface area contributed by atoms with E-state index in [4.69, 9.17) is 5.73 Å². The van der Waals surface area contributed by atoms with E-state index >= 15 is 0 Å². The van der Waals surface area contributed by atoms with Crippen LogP contribution in [0.15, 0.2) is 0 Å². The molecule has 4 bridgehead atoms. The van der Waals surface area contributed by atoms with Crippen molar-refractivity contribution in [3.05, 3.63) is 0 Å². The molecular formula is C16H29N3. The lowest BCUT2D eigenvalue weighted by atomic mass is 9.52. The maximum absolute atomic E-state index is 6.17. The number of likely N-dealkylation sites (N-methyl/N-ethyl adjacent to an activating group) is 1. The lowest BCUT2D eigenvalue weighted by molar-refractivity contribution is -0.0341. The average molecular weight is 263 g/mol. The Morgan fingerprint density at radius 1 is 1.11 bits per heavy atom. The first kappa shape index (κ1) is 12.6. The number of likely N-dealkylation sites (tertiary alicyclic amines) is 1. The van der Waals surface area contributed by atoms with Crippen molar-refractivity contribution >= 4 is 0 Å². The van der Waals surface area contributed by atoms with Crippen LogP contribution in [0.1, 0.15) is 44.9 Å². The Hall–Kier alpha value is -0.120. The van der Waals surface area contributed by atoms with Crippen LogP contribution in [0.3, 0.4) is 0 Å². The first-order chi connectivity index (χ1) is 9.10. The zero-order valence-electron chi connectivity index (χ0n) is 12.3. The number of nitrogens with one attached hydrogen (secondary N) is 1. The fourth-order valence-corrected chi connectivity index (χ4v) is 6.23. The van der Waals surface area contributed by atoms with Crippen molar-refractivity contribution in [1.29, 1.82) is 0 Å². The monoisotopic (exact) mass is 263 g/mol. The molecule has 108 valence electrons. The molecule has 4 aliphatic carbocycles. The summed E-state index contributed by atoms with van der Waals surface area (Å²) in [4.78, 5) is 2.44. The molecule has 3 N–H and O–H groups in total. The van der Waals surface area contributed by atoms with Gasteiger partial charge < -0.3 is 16.0 Å². The van der Waals surface area contributed by atoms with Gasteiger partial charge in [-0.05, 0) is 76.3 Å². The van der Waals surface area contributed by atoms with E-state index in [0.29, 0.717) is 5.54 Å². The van der Waals surface area contributed by atoms with Gasteiger partial charge in [-0.1, -0.05) is 0 Å². The number of rotatable bonds is 3. The van der Waals surface area contributed by atoms with Crippen molar-refractivity contribution < 1.29 is 0 Å². The van der Waals surface area contributed by atoms with E-state index in [9.17, 15) is 0 Å². The van der Waals surface area contributed by atoms with Gasteiger partial charge in [-0.2, -0.15) is 0 Å². The van der Waals surface area contributed by atoms with Gasteiger partial charge in [-0.15, -0.1) is 0 Å². The van der Waals surface area contributed by atoms with Crippen LogP contribution in [0, 0.1) is 17.8 Å². The highest BCUT2D eigenvalue weighted by Crippen LogP contribution is 2.56. The summed E-state index contributed by atoms with van der Waals surface area (Å²) in [5.74, 6) is 3.06. The molecular weight excluding hydrogens is 234 g/mol. The van der Waals surface area contributed by atoms with E-state index in [1.165, 1.54) is 51.5 Å². The molecule has 0 aromatic heterocycles. The summed E-state index contributed by atoms with van der Waals surface area (Å²) in [6, 6.07) is 0. The molecule has 3 nitrogen and oxygen atoms in total. The van der Waals surface area contributed by atoms with Gasteiger partial charge >= 0.3 is 0 Å². The highest BCUT2D eigenvalue weighted by molar-refractivity contribution is 5.11. The molecule has 0 amide bonds. The molecule has 1 aliphatic heterocycles. The molecule has 0 spiro atoms. The lowest BCUT2D eigenvalue weighted by Crippen LogP contribution is -2.67. The molecule has 19 heavy (non-hydrogen) atoms. The van der Waals surface area contributed by atoms with Gasteiger partial charge in [0.05, 0.1) is 0 Å². The molecule has 0 radical (unpaired) electrons. The Morgan fingerprint density at radius 3 is 2.11 bits per heavy atom. The summed E-state index contributed by atoms with van der Waals surface area (Å²) in [6.45, 7) is 3.15. The van der Waals surface area contributed by atoms with Crippen LogP contribution in [0.25, 0.3) is 0 Å². The third-order valence-corrected chi connectivity index (χ3v) is 6.50. The van der Waals surface area contributed by atoms with Gasteiger partial charge in [0.25, 0.3) is 0 Å². The zero-order valence-corrected chi connectivity index (χ0v) is 12.3. The van der Waals surface area contributed by atoms with Crippen LogP contribution in [0.5, 0.6) is 0 Å². The van der Waals surface area contributed by atoms with Crippen LogP contribution in [-0.2, 0) is 0 Å². The van der Waals surface area contributed by atoms with Gasteiger partial charge in [-0.25, -0.2) is 0 Å². The largest absolute Gasteiger partial charge is 0.329 e. The van der Waals surface area contributed by atoms with E-state index in [-0.39, 0.29) is 5.54 Å². The van der Waals surface area contributed by atoms with Gasteiger partial charge in [0.2, 0.25) is 0 Å². The molecule has 3 heteroatoms. The summed E-state index contributed by atoms with van der Waals surface area (Å²) in [5.41, 5.74) is 6.84. The van der Waals surface area contributed by atoms with Crippen molar-refractivity contribution in [3.8, 4) is 0 Å². The Balaban J connectivity index is 1.55. The molecule has 5 fully saturated rings. The number of nitrogens with zero attached hydrogens (tertiary/aromatic N) is 1. The second-order valence-electron chi connectivity index (χ2n) is 8.30. The van der Waals surface area contributed by atoms with E-state index < -0.39 is 0 Å². The van der Waals surface area contributed by atoms with Gasteiger partial charge in [0, 0.05) is 24.2 Å². The van der Waals surface area contributed by atoms with Crippen LogP contribution in [-0.4, -0.2) is 42.7 Å². The van der Waals surface area contributed by atoms with Crippen LogP contribution in [0.2, 0.25) is 0 Å². The van der Waals surface area contributed by atoms with Gasteiger partial charge in [0.1, 0.15) is 0 Å². The van der Waals surface area contributed by atoms with Gasteiger partial charge in [-0.3, -0.25) is 0 Å². The third-order valence-electron chi connectivity index (χ3n) is 6.50. The number of nitrogens with two attached hydrogens (primary N) is 1. The fourth-order valence-electron chi connectivity index (χ4n) is 6.23. The van der Waals surface area contributed by atoms with Crippen molar-refractivity contribution in [2.45, 2.75) is 56.0 Å². The normalized spacial score (nSPS) is 53.1. The molecule has 1 unspecified atom stereocenters. The fraction of sp³-hybridized carbons (Fsp3) is 1.00. The maximum Gasteiger partial charge on any atom is 0.0448 e. The Bertz CT molecular complexity index is 332. The summed E-state index contributed by atoms with van der Waals surface area (Å²) in [7, 11) is 2.23. The quantitative estimate of drug-likeness (QED) is 0.812. The van der Waals surface area contributed by atoms with Crippen molar-refractivity contribution in [1.82, 2.24) is 10.2 Å². The minimum Gasteiger partial charge on any atom is -0.329 e. The van der Waals surface area contributed by atoms with Crippen LogP contribution < -0.4 is 11.1 Å². The van der Waals surface area contributed by atoms with Crippen molar-refractivity contribution in [2.24, 2.45) is 23.5 Å². The first-order valence-electron chi connectivity index (χ1n) is 8.28. The van der Waals surface area contributed by atoms with E-state index in [0.717, 1.165) is 30.8 Å². The Kier molecular flexibility index (Phi) is 2.78. The molecule has 5 rings (SSSR count). The van der Waals surface area contributed by atoms with Crippen molar-refractivity contribution in [3.63, 3.8) is 0 Å². The zero-order chi connectivity index (χ0) is 13.1. The molecule has 0 aromatic carbocycles. The minimum atomic E-state index is 0.209. The summed E-state index contributed by atoms with van der Waals surface area (Å²) >= 11 is 0. The second kappa shape index (κ2) is 4.19. The van der Waals surface area contributed by atoms with E-state index in [1.54, 1.807) is 0 Å². The molecule has 0 aromatic rings. The van der Waals surface area contributed by atoms with Crippen molar-refractivity contribution in [2.75, 3.05) is 26.7 Å². The summed E-state index contributed by atoms with van der Waals surface area (Å²) in [5, 5.41) is 4.15. The van der Waals surface area contributed by atoms with E-state index in [2.05, 4.69) is 17.3 Å². The molecule has 4 saturated carbocycles. The predicted molar refractivity (Wildman–Crippen MR) is 77.9 cm³/mol. The van der Waals surface area contributed by atoms with Gasteiger partial charge in [0.15, 0.2) is 0 Å². The standard InChI is InChI=1S/C16H29N3/c1-19-3-2-15(10-17,11-19)18-16-7-12-4-13(8-16)6-14(5-12)9-16/h12-14,18H,2-11,17H2,1H3. The minimum absolute atomic E-state index is 0.209. The number of hydrogen-bond acceptors (Lipinski definition) is 3. The maximum atomic E-state index is 6.17. The number of hydrogen-bond donors (Lipinski definition) is 2. The molecule has 1 atom stereocenters. The third kappa shape index (κ3) is 2.05. The topological polar surface area (TPSA) is 41.3 Å². The SMILES string of the molecule is CN1CCC(CN)(NC23CC4CC(CC(C4)C2)C3)C1. The average Bonchev–Trinajstić information content (AvgIpc) is 2.69. The molecule has 1 saturated heterocycles. The lowest BCUT2D eigenvalue weighted by Gasteiger charge is -2.59. The highest BCUT2D eigenvalue weighted by Gasteiger charge is 2.53. The molecule has 1 heterocycles. The van der Waals surface area contributed by atoms with E-state index in [1.807, 2.05) is 0 Å². The smallest absolute Gasteiger partial charge is 0.0448 e. The predicted octanol–water partition coefficient (Wildman–Crippen LogP) is 1.58.